The SMILES string of the molecule is O=C(O)c1ccccc1N=Nc1c(S(=O)(=O)O)cc2cc(S(=O)(=O)O)cc(Nc3nc(O)nc(Nc4ccc(Nc5nc(O)nc(N(CCO)CCO)n5)c(S(=O)(=O)O)c4)n3)c2c1O. The predicted octanol–water partition coefficient (Wildman–Crippen LogP) is 2.20. The number of azo groups is 1. The van der Waals surface area contributed by atoms with Crippen LogP contribution in [0.1, 0.15) is 10.4 Å². The van der Waals surface area contributed by atoms with Crippen molar-refractivity contribution >= 4 is 99.3 Å². The van der Waals surface area contributed by atoms with Crippen LogP contribution in [0.2, 0.25) is 0 Å². The van der Waals surface area contributed by atoms with Crippen molar-refractivity contribution in [2.45, 2.75) is 14.7 Å². The van der Waals surface area contributed by atoms with Gasteiger partial charge in [-0.25, -0.2) is 4.79 Å². The average molecular weight is 947 g/mol. The summed E-state index contributed by atoms with van der Waals surface area (Å²) < 4.78 is 105. The van der Waals surface area contributed by atoms with E-state index in [1.165, 1.54) is 29.2 Å². The van der Waals surface area contributed by atoms with Gasteiger partial charge >= 0.3 is 18.0 Å². The molecule has 0 aliphatic carbocycles. The van der Waals surface area contributed by atoms with Crippen LogP contribution in [0.15, 0.2) is 85.6 Å². The summed E-state index contributed by atoms with van der Waals surface area (Å²) in [6, 6.07) is 8.42. The summed E-state index contributed by atoms with van der Waals surface area (Å²) >= 11 is 0. The summed E-state index contributed by atoms with van der Waals surface area (Å²) in [5.41, 5.74) is -2.74. The smallest absolute Gasteiger partial charge is 0.337 e. The number of anilines is 7. The molecule has 0 spiro atoms. The van der Waals surface area contributed by atoms with Crippen LogP contribution in [-0.4, -0.2) is 132 Å². The normalized spacial score (nSPS) is 12.1. The predicted molar refractivity (Wildman–Crippen MR) is 218 cm³/mol. The van der Waals surface area contributed by atoms with Crippen LogP contribution in [0.25, 0.3) is 10.8 Å². The van der Waals surface area contributed by atoms with Gasteiger partial charge in [0.05, 0.1) is 35.0 Å². The molecule has 6 aromatic rings. The molecule has 4 aromatic carbocycles. The van der Waals surface area contributed by atoms with Gasteiger partial charge in [0.15, 0.2) is 5.75 Å². The molecular formula is C33H30N12O16S3. The monoisotopic (exact) mass is 946 g/mol. The number of hydrogen-bond donors (Lipinski definition) is 12. The third-order valence-corrected chi connectivity index (χ3v) is 11.0. The highest BCUT2D eigenvalue weighted by molar-refractivity contribution is 7.86. The van der Waals surface area contributed by atoms with Crippen molar-refractivity contribution in [3.8, 4) is 17.8 Å². The molecule has 0 aliphatic rings. The van der Waals surface area contributed by atoms with Gasteiger partial charge in [-0.2, -0.15) is 55.2 Å². The Morgan fingerprint density at radius 2 is 1.23 bits per heavy atom. The zero-order valence-corrected chi connectivity index (χ0v) is 34.2. The number of carboxylic acids is 1. The number of aromatic nitrogens is 6. The van der Waals surface area contributed by atoms with E-state index in [0.29, 0.717) is 12.1 Å². The van der Waals surface area contributed by atoms with Gasteiger partial charge in [-0.3, -0.25) is 13.7 Å². The summed E-state index contributed by atoms with van der Waals surface area (Å²) in [7, 11) is -15.5. The Bertz CT molecular complexity index is 3190. The van der Waals surface area contributed by atoms with Gasteiger partial charge in [0.1, 0.15) is 21.2 Å². The van der Waals surface area contributed by atoms with Crippen molar-refractivity contribution in [2.24, 2.45) is 10.2 Å². The maximum Gasteiger partial charge on any atom is 0.337 e. The molecular weight excluding hydrogens is 917 g/mol. The summed E-state index contributed by atoms with van der Waals surface area (Å²) in [6.07, 6.45) is 0. The molecule has 0 radical (unpaired) electrons. The van der Waals surface area contributed by atoms with E-state index in [-0.39, 0.29) is 36.1 Å². The molecule has 0 saturated heterocycles. The van der Waals surface area contributed by atoms with Crippen molar-refractivity contribution in [3.63, 3.8) is 0 Å². The van der Waals surface area contributed by atoms with E-state index in [0.717, 1.165) is 24.3 Å². The molecule has 64 heavy (non-hydrogen) atoms. The number of hydrogen-bond acceptors (Lipinski definition) is 24. The Labute approximate surface area is 358 Å². The van der Waals surface area contributed by atoms with Crippen molar-refractivity contribution in [3.05, 3.63) is 66.2 Å². The van der Waals surface area contributed by atoms with Crippen LogP contribution >= 0.6 is 0 Å². The van der Waals surface area contributed by atoms with Crippen LogP contribution < -0.4 is 20.9 Å². The standard InChI is InChI=1S/C33H30N12O16S3/c46-9-7-45(8-10-47)31-38-30(41-33(52)42-31)35-20-6-5-16(13-22(20)63(56,57)58)34-28-37-29(40-32(51)39-28)36-21-14-17(62(53,54)55)11-15-12-23(64(59,60)61)25(26(48)24(15)21)44-43-19-4-2-1-3-18(19)27(49)50/h1-6,11-14,46-48H,7-10H2,(H,49,50)(H,53,54,55)(H,56,57,58)(H,59,60,61)(H2,35,38,41,42,52)(H3,34,36,37,39,40,51). The number of carboxylic acid groups (broad SMARTS) is 1. The highest BCUT2D eigenvalue weighted by atomic mass is 32.2. The minimum atomic E-state index is -5.31. The first kappa shape index (κ1) is 46.0. The molecule has 0 bridgehead atoms. The van der Waals surface area contributed by atoms with Gasteiger partial charge in [0.25, 0.3) is 30.4 Å². The Morgan fingerprint density at radius 1 is 0.641 bits per heavy atom. The number of aromatic carboxylic acids is 1. The Balaban J connectivity index is 1.40. The molecule has 0 saturated carbocycles. The van der Waals surface area contributed by atoms with Gasteiger partial charge in [-0.05, 0) is 53.9 Å². The number of carbonyl (C=O) groups is 1. The molecule has 2 aromatic heterocycles. The number of nitrogens with zero attached hydrogens (tertiary/aromatic N) is 9. The minimum Gasteiger partial charge on any atom is -0.505 e. The number of fused-ring (bicyclic) bond motifs is 1. The molecule has 12 N–H and O–H groups in total. The maximum absolute atomic E-state index is 12.5. The van der Waals surface area contributed by atoms with Gasteiger partial charge in [-0.1, -0.05) is 12.1 Å². The van der Waals surface area contributed by atoms with Gasteiger partial charge < -0.3 is 51.5 Å². The van der Waals surface area contributed by atoms with E-state index in [4.69, 9.17) is 0 Å². The van der Waals surface area contributed by atoms with Crippen molar-refractivity contribution in [2.75, 3.05) is 47.2 Å². The van der Waals surface area contributed by atoms with Crippen molar-refractivity contribution in [1.82, 2.24) is 29.9 Å². The highest BCUT2D eigenvalue weighted by Crippen LogP contribution is 2.46. The lowest BCUT2D eigenvalue weighted by molar-refractivity contribution is 0.0697. The van der Waals surface area contributed by atoms with E-state index >= 15 is 0 Å². The lowest BCUT2D eigenvalue weighted by Gasteiger charge is -2.20. The molecule has 0 aliphatic heterocycles. The van der Waals surface area contributed by atoms with E-state index in [1.54, 1.807) is 0 Å². The number of phenols is 1. The molecule has 0 atom stereocenters. The number of aromatic hydroxyl groups is 3. The van der Waals surface area contributed by atoms with Gasteiger partial charge in [0, 0.05) is 24.2 Å². The van der Waals surface area contributed by atoms with Crippen LogP contribution in [0.5, 0.6) is 17.8 Å². The summed E-state index contributed by atoms with van der Waals surface area (Å²) in [4.78, 5) is 33.0. The summed E-state index contributed by atoms with van der Waals surface area (Å²) in [5, 5.41) is 74.3. The van der Waals surface area contributed by atoms with E-state index < -0.39 is 128 Å². The van der Waals surface area contributed by atoms with E-state index in [9.17, 15) is 74.3 Å². The first-order valence-corrected chi connectivity index (χ1v) is 21.7. The van der Waals surface area contributed by atoms with Crippen LogP contribution in [-0.2, 0) is 30.4 Å². The summed E-state index contributed by atoms with van der Waals surface area (Å²) in [6.45, 7) is -0.922. The number of benzene rings is 4. The van der Waals surface area contributed by atoms with Crippen molar-refractivity contribution < 1.29 is 74.3 Å². The Morgan fingerprint density at radius 3 is 1.84 bits per heavy atom. The largest absolute Gasteiger partial charge is 0.505 e. The number of aliphatic hydroxyl groups excluding tert-OH is 2. The number of aliphatic hydroxyl groups is 2. The minimum absolute atomic E-state index is 0.0704. The van der Waals surface area contributed by atoms with Crippen molar-refractivity contribution in [1.29, 1.82) is 0 Å². The maximum atomic E-state index is 12.5. The zero-order valence-electron chi connectivity index (χ0n) is 31.7. The topological polar surface area (TPSA) is 443 Å². The zero-order chi connectivity index (χ0) is 46.7. The fourth-order valence-corrected chi connectivity index (χ4v) is 7.59. The third-order valence-electron chi connectivity index (χ3n) is 8.36. The first-order valence-electron chi connectivity index (χ1n) is 17.4. The fourth-order valence-electron chi connectivity index (χ4n) is 5.71. The lowest BCUT2D eigenvalue weighted by atomic mass is 10.1. The Hall–Kier alpha value is -7.52. The van der Waals surface area contributed by atoms with Crippen LogP contribution in [0.4, 0.5) is 52.2 Å². The fraction of sp³-hybridized carbons (Fsp3) is 0.121. The van der Waals surface area contributed by atoms with Crippen LogP contribution in [0, 0.1) is 0 Å². The molecule has 0 unspecified atom stereocenters. The summed E-state index contributed by atoms with van der Waals surface area (Å²) in [5.74, 6) is -4.42. The molecule has 31 heteroatoms. The van der Waals surface area contributed by atoms with Crippen LogP contribution in [0.3, 0.4) is 0 Å². The number of nitrogens with one attached hydrogen (secondary N) is 3. The quantitative estimate of drug-likeness (QED) is 0.0460. The molecule has 28 nitrogen and oxygen atoms in total. The average Bonchev–Trinajstić information content (AvgIpc) is 3.19. The molecule has 2 heterocycles. The second kappa shape index (κ2) is 18.1. The molecule has 0 amide bonds. The Kier molecular flexibility index (Phi) is 13.0. The van der Waals surface area contributed by atoms with Gasteiger partial charge in [0.2, 0.25) is 23.8 Å². The first-order chi connectivity index (χ1) is 30.0. The number of phenolic OH excluding ortho intramolecular Hbond substituents is 1. The van der Waals surface area contributed by atoms with E-state index in [1.807, 2.05) is 0 Å². The third kappa shape index (κ3) is 10.6. The lowest BCUT2D eigenvalue weighted by Crippen LogP contribution is -2.31. The highest BCUT2D eigenvalue weighted by Gasteiger charge is 2.27. The number of rotatable bonds is 17. The second-order valence-corrected chi connectivity index (χ2v) is 16.9. The second-order valence-electron chi connectivity index (χ2n) is 12.7. The molecule has 336 valence electrons. The van der Waals surface area contributed by atoms with E-state index in [2.05, 4.69) is 56.1 Å². The molecule has 6 rings (SSSR count). The molecule has 0 fully saturated rings. The van der Waals surface area contributed by atoms with Gasteiger partial charge in [-0.15, -0.1) is 10.2 Å².